The fourth-order valence-electron chi connectivity index (χ4n) is 2.44. The van der Waals surface area contributed by atoms with Gasteiger partial charge in [0.05, 0.1) is 19.8 Å². The van der Waals surface area contributed by atoms with E-state index < -0.39 is 11.6 Å². The third-order valence-corrected chi connectivity index (χ3v) is 3.92. The van der Waals surface area contributed by atoms with Crippen molar-refractivity contribution in [3.8, 4) is 11.5 Å². The summed E-state index contributed by atoms with van der Waals surface area (Å²) in [5, 5.41) is 18.9. The van der Waals surface area contributed by atoms with Crippen LogP contribution < -0.4 is 9.47 Å². The highest BCUT2D eigenvalue weighted by atomic mass is 16.5. The molecule has 0 bridgehead atoms. The molecule has 1 fully saturated rings. The zero-order chi connectivity index (χ0) is 16.3. The summed E-state index contributed by atoms with van der Waals surface area (Å²) in [6.07, 6.45) is 0.0130. The van der Waals surface area contributed by atoms with Crippen molar-refractivity contribution in [2.45, 2.75) is 18.4 Å². The lowest BCUT2D eigenvalue weighted by Gasteiger charge is -2.35. The average Bonchev–Trinajstić information content (AvgIpc) is 2.54. The first-order chi connectivity index (χ1) is 10.4. The number of hydrogen-bond acceptors (Lipinski definition) is 5. The van der Waals surface area contributed by atoms with Crippen molar-refractivity contribution in [3.63, 3.8) is 0 Å². The number of likely N-dealkylation sites (tertiary alicyclic amines) is 1. The van der Waals surface area contributed by atoms with E-state index in [4.69, 9.17) is 14.6 Å². The highest BCUT2D eigenvalue weighted by molar-refractivity contribution is 5.97. The van der Waals surface area contributed by atoms with Gasteiger partial charge in [0.1, 0.15) is 11.5 Å². The predicted molar refractivity (Wildman–Crippen MR) is 77.3 cm³/mol. The van der Waals surface area contributed by atoms with Crippen LogP contribution in [-0.2, 0) is 4.79 Å². The maximum Gasteiger partial charge on any atom is 0.335 e. The van der Waals surface area contributed by atoms with Crippen molar-refractivity contribution in [2.75, 3.05) is 27.3 Å². The molecule has 22 heavy (non-hydrogen) atoms. The first kappa shape index (κ1) is 16.1. The number of piperidine rings is 1. The Labute approximate surface area is 128 Å². The molecule has 1 heterocycles. The van der Waals surface area contributed by atoms with Gasteiger partial charge >= 0.3 is 5.97 Å². The highest BCUT2D eigenvalue weighted by Gasteiger charge is 2.40. The summed E-state index contributed by atoms with van der Waals surface area (Å²) in [5.41, 5.74) is -1.37. The Bertz CT molecular complexity index is 577. The summed E-state index contributed by atoms with van der Waals surface area (Å²) in [5.74, 6) is -0.538. The van der Waals surface area contributed by atoms with E-state index in [0.29, 0.717) is 17.1 Å². The van der Waals surface area contributed by atoms with Gasteiger partial charge in [0.25, 0.3) is 5.91 Å². The lowest BCUT2D eigenvalue weighted by Crippen LogP contribution is -2.50. The van der Waals surface area contributed by atoms with Gasteiger partial charge in [-0.1, -0.05) is 0 Å². The van der Waals surface area contributed by atoms with Crippen molar-refractivity contribution in [3.05, 3.63) is 23.8 Å². The van der Waals surface area contributed by atoms with Crippen LogP contribution in [0.15, 0.2) is 18.2 Å². The lowest BCUT2D eigenvalue weighted by molar-refractivity contribution is -0.162. The van der Waals surface area contributed by atoms with Gasteiger partial charge in [-0.3, -0.25) is 4.79 Å². The Morgan fingerprint density at radius 1 is 1.18 bits per heavy atom. The smallest absolute Gasteiger partial charge is 0.335 e. The second-order valence-electron chi connectivity index (χ2n) is 5.20. The van der Waals surface area contributed by atoms with Gasteiger partial charge in [0.15, 0.2) is 5.60 Å². The molecule has 2 N–H and O–H groups in total. The van der Waals surface area contributed by atoms with Crippen molar-refractivity contribution in [1.29, 1.82) is 0 Å². The maximum atomic E-state index is 12.5. The number of carbonyl (C=O) groups is 2. The van der Waals surface area contributed by atoms with Crippen molar-refractivity contribution in [1.82, 2.24) is 4.90 Å². The molecule has 0 atom stereocenters. The van der Waals surface area contributed by atoms with E-state index in [-0.39, 0.29) is 31.8 Å². The van der Waals surface area contributed by atoms with Gasteiger partial charge in [-0.15, -0.1) is 0 Å². The highest BCUT2D eigenvalue weighted by Crippen LogP contribution is 2.28. The van der Waals surface area contributed by atoms with Crippen LogP contribution in [0.1, 0.15) is 23.2 Å². The Morgan fingerprint density at radius 3 is 2.32 bits per heavy atom. The van der Waals surface area contributed by atoms with Gasteiger partial charge in [0, 0.05) is 32.0 Å². The molecule has 7 nitrogen and oxygen atoms in total. The fraction of sp³-hybridized carbons (Fsp3) is 0.467. The number of carboxylic acid groups (broad SMARTS) is 1. The zero-order valence-electron chi connectivity index (χ0n) is 12.5. The molecule has 1 aromatic rings. The number of nitrogens with zero attached hydrogens (tertiary/aromatic N) is 1. The monoisotopic (exact) mass is 309 g/mol. The number of amides is 1. The number of aliphatic hydroxyl groups is 1. The Balaban J connectivity index is 2.15. The maximum absolute atomic E-state index is 12.5. The van der Waals surface area contributed by atoms with Gasteiger partial charge < -0.3 is 24.6 Å². The van der Waals surface area contributed by atoms with Crippen LogP contribution >= 0.6 is 0 Å². The van der Waals surface area contributed by atoms with Crippen LogP contribution in [0, 0.1) is 0 Å². The molecule has 1 saturated heterocycles. The number of rotatable bonds is 4. The summed E-state index contributed by atoms with van der Waals surface area (Å²) >= 11 is 0. The molecular formula is C15H19NO6. The first-order valence-electron chi connectivity index (χ1n) is 6.88. The van der Waals surface area contributed by atoms with Crippen molar-refractivity contribution >= 4 is 11.9 Å². The largest absolute Gasteiger partial charge is 0.497 e. The number of ether oxygens (including phenoxy) is 2. The summed E-state index contributed by atoms with van der Waals surface area (Å²) in [4.78, 5) is 25.1. The quantitative estimate of drug-likeness (QED) is 0.852. The molecule has 1 aliphatic heterocycles. The first-order valence-corrected chi connectivity index (χ1v) is 6.88. The molecule has 0 aromatic heterocycles. The number of methoxy groups -OCH3 is 2. The fourth-order valence-corrected chi connectivity index (χ4v) is 2.44. The zero-order valence-corrected chi connectivity index (χ0v) is 12.5. The minimum absolute atomic E-state index is 0.00649. The number of carbonyl (C=O) groups excluding carboxylic acids is 1. The molecule has 120 valence electrons. The molecular weight excluding hydrogens is 290 g/mol. The molecule has 1 aliphatic rings. The second kappa shape index (κ2) is 6.23. The van der Waals surface area contributed by atoms with E-state index in [1.54, 1.807) is 18.2 Å². The minimum Gasteiger partial charge on any atom is -0.497 e. The molecule has 0 spiro atoms. The van der Waals surface area contributed by atoms with Gasteiger partial charge in [-0.2, -0.15) is 0 Å². The third-order valence-electron chi connectivity index (χ3n) is 3.92. The number of hydrogen-bond donors (Lipinski definition) is 2. The average molecular weight is 309 g/mol. The molecule has 1 amide bonds. The molecule has 2 rings (SSSR count). The van der Waals surface area contributed by atoms with Crippen LogP contribution in [0.3, 0.4) is 0 Å². The minimum atomic E-state index is -1.75. The van der Waals surface area contributed by atoms with E-state index in [9.17, 15) is 14.7 Å². The van der Waals surface area contributed by atoms with Crippen LogP contribution in [0.4, 0.5) is 0 Å². The summed E-state index contributed by atoms with van der Waals surface area (Å²) in [7, 11) is 2.98. The molecule has 0 saturated carbocycles. The Morgan fingerprint density at radius 2 is 1.82 bits per heavy atom. The summed E-state index contributed by atoms with van der Waals surface area (Å²) in [6.45, 7) is 0.355. The molecule has 0 unspecified atom stereocenters. The van der Waals surface area contributed by atoms with Crippen LogP contribution in [0.25, 0.3) is 0 Å². The number of benzene rings is 1. The van der Waals surface area contributed by atoms with E-state index >= 15 is 0 Å². The topological polar surface area (TPSA) is 96.3 Å². The number of carboxylic acids is 1. The van der Waals surface area contributed by atoms with Gasteiger partial charge in [-0.05, 0) is 12.1 Å². The molecule has 0 radical (unpaired) electrons. The van der Waals surface area contributed by atoms with Crippen molar-refractivity contribution in [2.24, 2.45) is 0 Å². The van der Waals surface area contributed by atoms with Crippen LogP contribution in [-0.4, -0.2) is 59.9 Å². The normalized spacial score (nSPS) is 17.0. The summed E-state index contributed by atoms with van der Waals surface area (Å²) < 4.78 is 10.3. The van der Waals surface area contributed by atoms with Crippen LogP contribution in [0.2, 0.25) is 0 Å². The third kappa shape index (κ3) is 2.99. The van der Waals surface area contributed by atoms with E-state index in [0.717, 1.165) is 0 Å². The second-order valence-corrected chi connectivity index (χ2v) is 5.20. The van der Waals surface area contributed by atoms with E-state index in [2.05, 4.69) is 0 Å². The molecule has 0 aliphatic carbocycles. The SMILES string of the molecule is COc1ccc(C(=O)N2CCC(O)(C(=O)O)CC2)c(OC)c1. The van der Waals surface area contributed by atoms with Crippen LogP contribution in [0.5, 0.6) is 11.5 Å². The van der Waals surface area contributed by atoms with Gasteiger partial charge in [-0.25, -0.2) is 4.79 Å². The standard InChI is InChI=1S/C15H19NO6/c1-21-10-3-4-11(12(9-10)22-2)13(17)16-7-5-15(20,6-8-16)14(18)19/h3-4,9,20H,5-8H2,1-2H3,(H,18,19). The Hall–Kier alpha value is -2.28. The predicted octanol–water partition coefficient (Wildman–Crippen LogP) is 0.755. The number of aliphatic carboxylic acids is 1. The van der Waals surface area contributed by atoms with E-state index in [1.165, 1.54) is 19.1 Å². The van der Waals surface area contributed by atoms with Gasteiger partial charge in [0.2, 0.25) is 0 Å². The molecule has 7 heteroatoms. The summed E-state index contributed by atoms with van der Waals surface area (Å²) in [6, 6.07) is 4.88. The van der Waals surface area contributed by atoms with E-state index in [1.807, 2.05) is 0 Å². The lowest BCUT2D eigenvalue weighted by atomic mass is 9.91. The Kier molecular flexibility index (Phi) is 4.56. The van der Waals surface area contributed by atoms with Crippen molar-refractivity contribution < 1.29 is 29.3 Å². The molecule has 1 aromatic carbocycles.